The molecule has 0 aliphatic heterocycles. The summed E-state index contributed by atoms with van der Waals surface area (Å²) < 4.78 is 1.61. The lowest BCUT2D eigenvalue weighted by atomic mass is 10.1. The normalized spacial score (nSPS) is 9.94. The third-order valence-electron chi connectivity index (χ3n) is 2.50. The van der Waals surface area contributed by atoms with Gasteiger partial charge in [-0.2, -0.15) is 10.4 Å². The average Bonchev–Trinajstić information content (AvgIpc) is 2.85. The summed E-state index contributed by atoms with van der Waals surface area (Å²) >= 11 is 0. The fourth-order valence-corrected chi connectivity index (χ4v) is 1.67. The first-order chi connectivity index (χ1) is 8.72. The van der Waals surface area contributed by atoms with Crippen LogP contribution in [0.15, 0.2) is 36.7 Å². The van der Waals surface area contributed by atoms with Crippen LogP contribution in [0.3, 0.4) is 0 Å². The molecule has 0 saturated heterocycles. The van der Waals surface area contributed by atoms with Crippen LogP contribution in [0.4, 0.5) is 5.69 Å². The van der Waals surface area contributed by atoms with E-state index in [0.29, 0.717) is 24.1 Å². The van der Waals surface area contributed by atoms with E-state index in [1.165, 1.54) is 6.07 Å². The lowest BCUT2D eigenvalue weighted by Crippen LogP contribution is -1.96. The average molecular weight is 242 g/mol. The largest absolute Gasteiger partial charge is 0.277 e. The minimum absolute atomic E-state index is 0.0531. The van der Waals surface area contributed by atoms with Gasteiger partial charge in [0, 0.05) is 17.8 Å². The van der Waals surface area contributed by atoms with E-state index in [4.69, 9.17) is 5.26 Å². The van der Waals surface area contributed by atoms with Crippen molar-refractivity contribution in [2.24, 2.45) is 0 Å². The summed E-state index contributed by atoms with van der Waals surface area (Å²) in [6.45, 7) is 0.483. The van der Waals surface area contributed by atoms with Crippen molar-refractivity contribution in [3.05, 3.63) is 46.8 Å². The number of rotatable bonds is 4. The summed E-state index contributed by atoms with van der Waals surface area (Å²) in [7, 11) is 0. The Bertz CT molecular complexity index is 613. The van der Waals surface area contributed by atoms with E-state index in [2.05, 4.69) is 5.10 Å². The maximum atomic E-state index is 10.9. The number of nitro groups is 1. The summed E-state index contributed by atoms with van der Waals surface area (Å²) in [5, 5.41) is 23.5. The second kappa shape index (κ2) is 5.10. The van der Waals surface area contributed by atoms with Gasteiger partial charge < -0.3 is 0 Å². The molecule has 6 heteroatoms. The Balaban J connectivity index is 2.34. The first-order valence-corrected chi connectivity index (χ1v) is 5.35. The fourth-order valence-electron chi connectivity index (χ4n) is 1.67. The second-order valence-corrected chi connectivity index (χ2v) is 3.67. The third-order valence-corrected chi connectivity index (χ3v) is 2.50. The van der Waals surface area contributed by atoms with Crippen molar-refractivity contribution in [3.63, 3.8) is 0 Å². The third kappa shape index (κ3) is 2.35. The zero-order valence-electron chi connectivity index (χ0n) is 9.48. The van der Waals surface area contributed by atoms with Crippen LogP contribution in [0.25, 0.3) is 11.1 Å². The van der Waals surface area contributed by atoms with Crippen LogP contribution in [-0.2, 0) is 6.54 Å². The highest BCUT2D eigenvalue weighted by molar-refractivity contribution is 5.72. The number of nitro benzene ring substituents is 1. The SMILES string of the molecule is N#CCCn1cc(-c2ccccc2[N+](=O)[O-])cn1. The van der Waals surface area contributed by atoms with Crippen molar-refractivity contribution < 1.29 is 4.92 Å². The van der Waals surface area contributed by atoms with Gasteiger partial charge in [0.2, 0.25) is 0 Å². The van der Waals surface area contributed by atoms with E-state index in [1.807, 2.05) is 6.07 Å². The first-order valence-electron chi connectivity index (χ1n) is 5.35. The van der Waals surface area contributed by atoms with Crippen LogP contribution >= 0.6 is 0 Å². The number of hydrogen-bond donors (Lipinski definition) is 0. The molecule has 0 fully saturated rings. The van der Waals surface area contributed by atoms with Crippen LogP contribution in [0.2, 0.25) is 0 Å². The van der Waals surface area contributed by atoms with E-state index in [9.17, 15) is 10.1 Å². The van der Waals surface area contributed by atoms with Crippen molar-refractivity contribution in [3.8, 4) is 17.2 Å². The second-order valence-electron chi connectivity index (χ2n) is 3.67. The van der Waals surface area contributed by atoms with Crippen LogP contribution in [0.5, 0.6) is 0 Å². The van der Waals surface area contributed by atoms with Crippen molar-refractivity contribution >= 4 is 5.69 Å². The highest BCUT2D eigenvalue weighted by atomic mass is 16.6. The van der Waals surface area contributed by atoms with Gasteiger partial charge in [0.25, 0.3) is 5.69 Å². The van der Waals surface area contributed by atoms with E-state index >= 15 is 0 Å². The maximum Gasteiger partial charge on any atom is 0.277 e. The Morgan fingerprint density at radius 3 is 2.94 bits per heavy atom. The number of nitriles is 1. The van der Waals surface area contributed by atoms with Crippen molar-refractivity contribution in [1.29, 1.82) is 5.26 Å². The first kappa shape index (κ1) is 11.8. The highest BCUT2D eigenvalue weighted by Crippen LogP contribution is 2.28. The summed E-state index contributed by atoms with van der Waals surface area (Å²) in [6.07, 6.45) is 3.64. The quantitative estimate of drug-likeness (QED) is 0.608. The highest BCUT2D eigenvalue weighted by Gasteiger charge is 2.15. The van der Waals surface area contributed by atoms with Gasteiger partial charge in [-0.1, -0.05) is 12.1 Å². The number of hydrogen-bond acceptors (Lipinski definition) is 4. The molecule has 1 heterocycles. The predicted molar refractivity (Wildman–Crippen MR) is 64.5 cm³/mol. The number of para-hydroxylation sites is 1. The van der Waals surface area contributed by atoms with Gasteiger partial charge in [-0.25, -0.2) is 0 Å². The Morgan fingerprint density at radius 1 is 1.44 bits per heavy atom. The van der Waals surface area contributed by atoms with Gasteiger partial charge in [0.05, 0.1) is 35.7 Å². The Morgan fingerprint density at radius 2 is 2.22 bits per heavy atom. The van der Waals surface area contributed by atoms with Gasteiger partial charge in [-0.3, -0.25) is 14.8 Å². The molecular weight excluding hydrogens is 232 g/mol. The summed E-state index contributed by atoms with van der Waals surface area (Å²) in [4.78, 5) is 10.5. The lowest BCUT2D eigenvalue weighted by Gasteiger charge is -1.99. The standard InChI is InChI=1S/C12H10N4O2/c13-6-3-7-15-9-10(8-14-15)11-4-1-2-5-12(11)16(17)18/h1-2,4-5,8-9H,3,7H2. The molecule has 1 aromatic carbocycles. The van der Waals surface area contributed by atoms with E-state index in [-0.39, 0.29) is 5.69 Å². The van der Waals surface area contributed by atoms with Crippen molar-refractivity contribution in [1.82, 2.24) is 9.78 Å². The molecule has 0 unspecified atom stereocenters. The topological polar surface area (TPSA) is 84.8 Å². The molecule has 0 amide bonds. The maximum absolute atomic E-state index is 10.9. The van der Waals surface area contributed by atoms with E-state index in [0.717, 1.165) is 0 Å². The molecule has 0 saturated carbocycles. The van der Waals surface area contributed by atoms with Crippen LogP contribution in [-0.4, -0.2) is 14.7 Å². The van der Waals surface area contributed by atoms with Gasteiger partial charge in [-0.05, 0) is 6.07 Å². The molecule has 0 bridgehead atoms. The van der Waals surface area contributed by atoms with Crippen molar-refractivity contribution in [2.75, 3.05) is 0 Å². The molecular formula is C12H10N4O2. The number of aromatic nitrogens is 2. The molecule has 0 N–H and O–H groups in total. The molecule has 0 aliphatic rings. The molecule has 0 atom stereocenters. The molecule has 0 aliphatic carbocycles. The summed E-state index contributed by atoms with van der Waals surface area (Å²) in [5.74, 6) is 0. The van der Waals surface area contributed by atoms with Gasteiger partial charge in [-0.15, -0.1) is 0 Å². The predicted octanol–water partition coefficient (Wildman–Crippen LogP) is 2.37. The van der Waals surface area contributed by atoms with Gasteiger partial charge in [0.15, 0.2) is 0 Å². The number of benzene rings is 1. The Labute approximate surface area is 103 Å². The minimum Gasteiger partial charge on any atom is -0.271 e. The summed E-state index contributed by atoms with van der Waals surface area (Å²) in [5.41, 5.74) is 1.27. The van der Waals surface area contributed by atoms with Gasteiger partial charge in [0.1, 0.15) is 0 Å². The molecule has 18 heavy (non-hydrogen) atoms. The van der Waals surface area contributed by atoms with Gasteiger partial charge >= 0.3 is 0 Å². The molecule has 0 spiro atoms. The molecule has 1 aromatic heterocycles. The van der Waals surface area contributed by atoms with E-state index in [1.54, 1.807) is 35.3 Å². The number of aryl methyl sites for hydroxylation is 1. The zero-order chi connectivity index (χ0) is 13.0. The smallest absolute Gasteiger partial charge is 0.271 e. The zero-order valence-corrected chi connectivity index (χ0v) is 9.48. The lowest BCUT2D eigenvalue weighted by molar-refractivity contribution is -0.384. The monoisotopic (exact) mass is 242 g/mol. The van der Waals surface area contributed by atoms with E-state index < -0.39 is 4.92 Å². The molecule has 90 valence electrons. The molecule has 6 nitrogen and oxygen atoms in total. The Hall–Kier alpha value is -2.68. The molecule has 2 aromatic rings. The molecule has 0 radical (unpaired) electrons. The van der Waals surface area contributed by atoms with Crippen LogP contribution in [0, 0.1) is 21.4 Å². The number of nitrogens with zero attached hydrogens (tertiary/aromatic N) is 4. The minimum atomic E-state index is -0.415. The molecule has 2 rings (SSSR count). The van der Waals surface area contributed by atoms with Crippen LogP contribution in [0.1, 0.15) is 6.42 Å². The summed E-state index contributed by atoms with van der Waals surface area (Å²) in [6, 6.07) is 8.54. The Kier molecular flexibility index (Phi) is 3.34. The van der Waals surface area contributed by atoms with Crippen molar-refractivity contribution in [2.45, 2.75) is 13.0 Å². The fraction of sp³-hybridized carbons (Fsp3) is 0.167. The van der Waals surface area contributed by atoms with Crippen LogP contribution < -0.4 is 0 Å².